The number of carboxylic acids is 2. The van der Waals surface area contributed by atoms with Crippen molar-refractivity contribution in [3.63, 3.8) is 0 Å². The molecule has 2 rings (SSSR count). The van der Waals surface area contributed by atoms with E-state index >= 15 is 0 Å². The van der Waals surface area contributed by atoms with Gasteiger partial charge in [-0.25, -0.2) is 9.59 Å². The van der Waals surface area contributed by atoms with E-state index < -0.39 is 11.9 Å². The lowest BCUT2D eigenvalue weighted by atomic mass is 10.0. The Morgan fingerprint density at radius 2 is 1.77 bits per heavy atom. The highest BCUT2D eigenvalue weighted by atomic mass is 16.5. The Morgan fingerprint density at radius 3 is 2.41 bits per heavy atom. The maximum absolute atomic E-state index is 11.2. The molecule has 0 aliphatic carbocycles. The smallest absolute Gasteiger partial charge is 0.336 e. The summed E-state index contributed by atoms with van der Waals surface area (Å²) in [4.78, 5) is 22.2. The third-order valence-corrected chi connectivity index (χ3v) is 3.08. The minimum absolute atomic E-state index is 0.0373. The highest BCUT2D eigenvalue weighted by molar-refractivity contribution is 5.96. The summed E-state index contributed by atoms with van der Waals surface area (Å²) in [6.45, 7) is 0. The molecule has 0 atom stereocenters. The van der Waals surface area contributed by atoms with Gasteiger partial charge in [-0.1, -0.05) is 24.3 Å². The van der Waals surface area contributed by atoms with Crippen molar-refractivity contribution in [2.24, 2.45) is 0 Å². The van der Waals surface area contributed by atoms with Gasteiger partial charge in [0.25, 0.3) is 0 Å². The molecule has 0 fully saturated rings. The molecule has 0 aliphatic heterocycles. The Morgan fingerprint density at radius 1 is 1.00 bits per heavy atom. The third kappa shape index (κ3) is 3.52. The number of aromatic carboxylic acids is 2. The zero-order valence-electron chi connectivity index (χ0n) is 11.8. The van der Waals surface area contributed by atoms with Crippen molar-refractivity contribution in [1.29, 1.82) is 0 Å². The van der Waals surface area contributed by atoms with Crippen molar-refractivity contribution >= 4 is 24.1 Å². The van der Waals surface area contributed by atoms with Gasteiger partial charge in [-0.2, -0.15) is 0 Å². The van der Waals surface area contributed by atoms with E-state index in [1.807, 2.05) is 12.1 Å². The van der Waals surface area contributed by atoms with Crippen LogP contribution >= 0.6 is 0 Å². The standard InChI is InChI=1S/C17H14O5/c1-22-14-4-2-3-11(9-14)5-6-12-10-13(16(18)19)7-8-15(12)17(20)21/h2-10H,1H3,(H,18,19)(H,20,21)/b6-5+. The lowest BCUT2D eigenvalue weighted by Gasteiger charge is -2.04. The molecule has 5 nitrogen and oxygen atoms in total. The first kappa shape index (κ1) is 15.3. The first-order chi connectivity index (χ1) is 10.5. The number of carbonyl (C=O) groups is 2. The molecule has 0 aliphatic rings. The zero-order chi connectivity index (χ0) is 16.1. The summed E-state index contributed by atoms with van der Waals surface area (Å²) in [5.74, 6) is -1.53. The van der Waals surface area contributed by atoms with Gasteiger partial charge in [0.05, 0.1) is 18.2 Å². The van der Waals surface area contributed by atoms with Crippen LogP contribution in [-0.4, -0.2) is 29.3 Å². The summed E-state index contributed by atoms with van der Waals surface area (Å²) < 4.78 is 5.11. The predicted octanol–water partition coefficient (Wildman–Crippen LogP) is 3.26. The second-order valence-corrected chi connectivity index (χ2v) is 4.52. The van der Waals surface area contributed by atoms with Gasteiger partial charge in [0.1, 0.15) is 5.75 Å². The van der Waals surface area contributed by atoms with Gasteiger partial charge in [0.2, 0.25) is 0 Å². The molecule has 2 N–H and O–H groups in total. The van der Waals surface area contributed by atoms with Crippen LogP contribution in [0.15, 0.2) is 42.5 Å². The fourth-order valence-corrected chi connectivity index (χ4v) is 1.96. The van der Waals surface area contributed by atoms with Crippen molar-refractivity contribution in [2.75, 3.05) is 7.11 Å². The second-order valence-electron chi connectivity index (χ2n) is 4.52. The van der Waals surface area contributed by atoms with Crippen molar-refractivity contribution in [3.8, 4) is 5.75 Å². The number of benzene rings is 2. The molecular formula is C17H14O5. The van der Waals surface area contributed by atoms with Crippen molar-refractivity contribution in [2.45, 2.75) is 0 Å². The lowest BCUT2D eigenvalue weighted by Crippen LogP contribution is -2.03. The van der Waals surface area contributed by atoms with E-state index in [9.17, 15) is 14.7 Å². The Bertz CT molecular complexity index is 746. The lowest BCUT2D eigenvalue weighted by molar-refractivity contribution is 0.0681. The molecule has 0 spiro atoms. The minimum Gasteiger partial charge on any atom is -0.497 e. The number of methoxy groups -OCH3 is 1. The number of ether oxygens (including phenoxy) is 1. The van der Waals surface area contributed by atoms with Crippen molar-refractivity contribution in [1.82, 2.24) is 0 Å². The molecule has 5 heteroatoms. The molecule has 2 aromatic rings. The van der Waals surface area contributed by atoms with Crippen LogP contribution in [0.25, 0.3) is 12.2 Å². The van der Waals surface area contributed by atoms with Gasteiger partial charge in [-0.3, -0.25) is 0 Å². The number of carboxylic acid groups (broad SMARTS) is 2. The van der Waals surface area contributed by atoms with Crippen LogP contribution < -0.4 is 4.74 Å². The van der Waals surface area contributed by atoms with Crippen LogP contribution in [0, 0.1) is 0 Å². The normalized spacial score (nSPS) is 10.6. The first-order valence-electron chi connectivity index (χ1n) is 6.44. The highest BCUT2D eigenvalue weighted by Crippen LogP contribution is 2.18. The third-order valence-electron chi connectivity index (χ3n) is 3.08. The maximum atomic E-state index is 11.2. The molecule has 0 bridgehead atoms. The van der Waals surface area contributed by atoms with E-state index in [2.05, 4.69) is 0 Å². The van der Waals surface area contributed by atoms with Crippen LogP contribution in [0.5, 0.6) is 5.75 Å². The van der Waals surface area contributed by atoms with Crippen LogP contribution in [-0.2, 0) is 0 Å². The van der Waals surface area contributed by atoms with Gasteiger partial charge in [0, 0.05) is 0 Å². The van der Waals surface area contributed by atoms with Gasteiger partial charge < -0.3 is 14.9 Å². The Labute approximate surface area is 127 Å². The Balaban J connectivity index is 2.41. The molecule has 0 amide bonds. The molecule has 0 radical (unpaired) electrons. The molecule has 112 valence electrons. The Hall–Kier alpha value is -3.08. The molecule has 0 heterocycles. The highest BCUT2D eigenvalue weighted by Gasteiger charge is 2.11. The molecule has 22 heavy (non-hydrogen) atoms. The van der Waals surface area contributed by atoms with Gasteiger partial charge in [-0.15, -0.1) is 0 Å². The molecule has 2 aromatic carbocycles. The van der Waals surface area contributed by atoms with Crippen LogP contribution in [0.4, 0.5) is 0 Å². The van der Waals surface area contributed by atoms with Gasteiger partial charge >= 0.3 is 11.9 Å². The van der Waals surface area contributed by atoms with Gasteiger partial charge in [-0.05, 0) is 41.5 Å². The fraction of sp³-hybridized carbons (Fsp3) is 0.0588. The summed E-state index contributed by atoms with van der Waals surface area (Å²) in [5.41, 5.74) is 1.23. The van der Waals surface area contributed by atoms with Crippen molar-refractivity contribution < 1.29 is 24.5 Å². The molecule has 0 aromatic heterocycles. The summed E-state index contributed by atoms with van der Waals surface area (Å²) in [5, 5.41) is 18.2. The van der Waals surface area contributed by atoms with E-state index in [4.69, 9.17) is 9.84 Å². The van der Waals surface area contributed by atoms with E-state index in [1.54, 1.807) is 31.4 Å². The molecular weight excluding hydrogens is 284 g/mol. The number of hydrogen-bond donors (Lipinski definition) is 2. The SMILES string of the molecule is COc1cccc(/C=C/c2cc(C(=O)O)ccc2C(=O)O)c1. The van der Waals surface area contributed by atoms with E-state index in [0.29, 0.717) is 11.3 Å². The minimum atomic E-state index is -1.11. The fourth-order valence-electron chi connectivity index (χ4n) is 1.96. The van der Waals surface area contributed by atoms with Crippen LogP contribution in [0.3, 0.4) is 0 Å². The van der Waals surface area contributed by atoms with E-state index in [1.165, 1.54) is 18.2 Å². The monoisotopic (exact) mass is 298 g/mol. The molecule has 0 saturated heterocycles. The van der Waals surface area contributed by atoms with E-state index in [-0.39, 0.29) is 11.1 Å². The summed E-state index contributed by atoms with van der Waals surface area (Å²) in [7, 11) is 1.56. The quantitative estimate of drug-likeness (QED) is 0.828. The molecule has 0 saturated carbocycles. The van der Waals surface area contributed by atoms with Crippen molar-refractivity contribution in [3.05, 3.63) is 64.7 Å². The average molecular weight is 298 g/mol. The molecule has 0 unspecified atom stereocenters. The van der Waals surface area contributed by atoms with Gasteiger partial charge in [0.15, 0.2) is 0 Å². The average Bonchev–Trinajstić information content (AvgIpc) is 2.52. The number of hydrogen-bond acceptors (Lipinski definition) is 3. The topological polar surface area (TPSA) is 83.8 Å². The van der Waals surface area contributed by atoms with E-state index in [0.717, 1.165) is 5.56 Å². The summed E-state index contributed by atoms with van der Waals surface area (Å²) in [6.07, 6.45) is 3.28. The summed E-state index contributed by atoms with van der Waals surface area (Å²) in [6, 6.07) is 11.1. The summed E-state index contributed by atoms with van der Waals surface area (Å²) >= 11 is 0. The van der Waals surface area contributed by atoms with Crippen LogP contribution in [0.2, 0.25) is 0 Å². The predicted molar refractivity (Wildman–Crippen MR) is 82.3 cm³/mol. The van der Waals surface area contributed by atoms with Crippen LogP contribution in [0.1, 0.15) is 31.8 Å². The number of rotatable bonds is 5. The zero-order valence-corrected chi connectivity index (χ0v) is 11.8. The largest absolute Gasteiger partial charge is 0.497 e. The maximum Gasteiger partial charge on any atom is 0.336 e. The Kier molecular flexibility index (Phi) is 4.58. The first-order valence-corrected chi connectivity index (χ1v) is 6.44. The second kappa shape index (κ2) is 6.58.